The van der Waals surface area contributed by atoms with Crippen LogP contribution in [0.5, 0.6) is 5.75 Å². The number of pyridine rings is 1. The Balaban J connectivity index is 1.75. The van der Waals surface area contributed by atoms with Gasteiger partial charge in [-0.2, -0.15) is 4.39 Å². The van der Waals surface area contributed by atoms with Gasteiger partial charge in [0.25, 0.3) is 0 Å². The minimum absolute atomic E-state index is 0.249. The van der Waals surface area contributed by atoms with Crippen molar-refractivity contribution in [3.05, 3.63) is 54.1 Å². The van der Waals surface area contributed by atoms with Crippen LogP contribution in [0.3, 0.4) is 0 Å². The molecule has 3 N–H and O–H groups in total. The molecule has 1 heterocycles. The highest BCUT2D eigenvalue weighted by molar-refractivity contribution is 5.41. The summed E-state index contributed by atoms with van der Waals surface area (Å²) in [5, 5.41) is 16.1. The summed E-state index contributed by atoms with van der Waals surface area (Å²) in [6, 6.07) is 10.9. The summed E-state index contributed by atoms with van der Waals surface area (Å²) in [7, 11) is 0. The van der Waals surface area contributed by atoms with Crippen molar-refractivity contribution < 1.29 is 14.2 Å². The molecule has 1 aromatic heterocycles. The smallest absolute Gasteiger partial charge is 0.212 e. The minimum Gasteiger partial charge on any atom is -0.491 e. The number of aliphatic hydroxyl groups excluding tert-OH is 1. The van der Waals surface area contributed by atoms with Crippen LogP contribution in [0.4, 0.5) is 10.1 Å². The van der Waals surface area contributed by atoms with Gasteiger partial charge in [0.15, 0.2) is 0 Å². The van der Waals surface area contributed by atoms with E-state index in [1.807, 2.05) is 38.1 Å². The Morgan fingerprint density at radius 2 is 1.92 bits per heavy atom. The second-order valence-corrected chi connectivity index (χ2v) is 5.89. The van der Waals surface area contributed by atoms with E-state index in [1.54, 1.807) is 6.07 Å². The maximum absolute atomic E-state index is 12.7. The van der Waals surface area contributed by atoms with E-state index in [2.05, 4.69) is 15.6 Å². The van der Waals surface area contributed by atoms with E-state index in [1.165, 1.54) is 12.3 Å². The molecule has 2 aromatic rings. The molecule has 0 saturated carbocycles. The first-order chi connectivity index (χ1) is 11.5. The highest BCUT2D eigenvalue weighted by Gasteiger charge is 2.06. The van der Waals surface area contributed by atoms with Crippen LogP contribution in [0.15, 0.2) is 42.6 Å². The molecule has 0 fully saturated rings. The molecule has 1 atom stereocenters. The first-order valence-corrected chi connectivity index (χ1v) is 8.01. The van der Waals surface area contributed by atoms with Gasteiger partial charge in [-0.05, 0) is 29.8 Å². The Labute approximate surface area is 141 Å². The third-order valence-electron chi connectivity index (χ3n) is 3.35. The van der Waals surface area contributed by atoms with Gasteiger partial charge < -0.3 is 20.5 Å². The Hall–Kier alpha value is -2.18. The molecule has 0 saturated heterocycles. The number of hydrogen-bond donors (Lipinski definition) is 3. The van der Waals surface area contributed by atoms with Crippen molar-refractivity contribution in [2.45, 2.75) is 32.5 Å². The maximum atomic E-state index is 12.7. The summed E-state index contributed by atoms with van der Waals surface area (Å²) >= 11 is 0. The summed E-state index contributed by atoms with van der Waals surface area (Å²) in [5.41, 5.74) is 1.83. The van der Waals surface area contributed by atoms with E-state index >= 15 is 0 Å². The average molecular weight is 333 g/mol. The fourth-order valence-electron chi connectivity index (χ4n) is 2.01. The first kappa shape index (κ1) is 18.2. The van der Waals surface area contributed by atoms with Gasteiger partial charge in [0.2, 0.25) is 5.95 Å². The molecule has 0 aliphatic carbocycles. The van der Waals surface area contributed by atoms with Gasteiger partial charge >= 0.3 is 0 Å². The summed E-state index contributed by atoms with van der Waals surface area (Å²) < 4.78 is 18.3. The molecule has 2 rings (SSSR count). The van der Waals surface area contributed by atoms with Gasteiger partial charge in [0, 0.05) is 19.1 Å². The van der Waals surface area contributed by atoms with Gasteiger partial charge in [-0.1, -0.05) is 26.0 Å². The van der Waals surface area contributed by atoms with Crippen LogP contribution < -0.4 is 15.4 Å². The fraction of sp³-hybridized carbons (Fsp3) is 0.389. The standard InChI is InChI=1S/C18H24FN3O2/c1-13(2)20-11-16(23)12-24-17-6-3-14(4-7-17)9-21-15-5-8-18(19)22-10-15/h3-8,10,13,16,20-21,23H,9,11-12H2,1-2H3. The number of rotatable bonds is 9. The SMILES string of the molecule is CC(C)NCC(O)COc1ccc(CNc2ccc(F)nc2)cc1. The molecule has 6 heteroatoms. The van der Waals surface area contributed by atoms with Crippen molar-refractivity contribution >= 4 is 5.69 Å². The largest absolute Gasteiger partial charge is 0.491 e. The third-order valence-corrected chi connectivity index (χ3v) is 3.35. The number of nitrogens with zero attached hydrogens (tertiary/aromatic N) is 1. The number of nitrogens with one attached hydrogen (secondary N) is 2. The molecule has 0 amide bonds. The average Bonchev–Trinajstić information content (AvgIpc) is 2.58. The second kappa shape index (κ2) is 9.20. The number of aliphatic hydroxyl groups is 1. The highest BCUT2D eigenvalue weighted by atomic mass is 19.1. The van der Waals surface area contributed by atoms with Crippen LogP contribution in [0, 0.1) is 5.95 Å². The van der Waals surface area contributed by atoms with Gasteiger partial charge in [-0.25, -0.2) is 4.98 Å². The maximum Gasteiger partial charge on any atom is 0.212 e. The molecule has 0 aliphatic heterocycles. The molecule has 0 radical (unpaired) electrons. The van der Waals surface area contributed by atoms with Crippen molar-refractivity contribution in [3.63, 3.8) is 0 Å². The zero-order valence-corrected chi connectivity index (χ0v) is 14.0. The molecule has 0 bridgehead atoms. The Morgan fingerprint density at radius 1 is 1.17 bits per heavy atom. The number of hydrogen-bond acceptors (Lipinski definition) is 5. The van der Waals surface area contributed by atoms with Crippen molar-refractivity contribution in [1.82, 2.24) is 10.3 Å². The van der Waals surface area contributed by atoms with Gasteiger partial charge in [-0.3, -0.25) is 0 Å². The minimum atomic E-state index is -0.542. The van der Waals surface area contributed by atoms with Gasteiger partial charge in [0.05, 0.1) is 11.9 Å². The quantitative estimate of drug-likeness (QED) is 0.616. The lowest BCUT2D eigenvalue weighted by molar-refractivity contribution is 0.104. The fourth-order valence-corrected chi connectivity index (χ4v) is 2.01. The molecule has 0 aliphatic rings. The molecule has 5 nitrogen and oxygen atoms in total. The monoisotopic (exact) mass is 333 g/mol. The van der Waals surface area contributed by atoms with Crippen molar-refractivity contribution in [3.8, 4) is 5.75 Å². The van der Waals surface area contributed by atoms with Crippen LogP contribution in [-0.4, -0.2) is 35.4 Å². The molecule has 1 unspecified atom stereocenters. The normalized spacial score (nSPS) is 12.2. The number of halogens is 1. The Bertz CT molecular complexity index is 603. The van der Waals surface area contributed by atoms with Crippen molar-refractivity contribution in [2.75, 3.05) is 18.5 Å². The Morgan fingerprint density at radius 3 is 2.54 bits per heavy atom. The predicted molar refractivity (Wildman–Crippen MR) is 92.6 cm³/mol. The summed E-state index contributed by atoms with van der Waals surface area (Å²) in [5.74, 6) is 0.221. The lowest BCUT2D eigenvalue weighted by Gasteiger charge is -2.15. The van der Waals surface area contributed by atoms with E-state index in [4.69, 9.17) is 4.74 Å². The lowest BCUT2D eigenvalue weighted by Crippen LogP contribution is -2.35. The highest BCUT2D eigenvalue weighted by Crippen LogP contribution is 2.14. The molecule has 24 heavy (non-hydrogen) atoms. The summed E-state index contributed by atoms with van der Waals surface area (Å²) in [6.45, 7) is 5.42. The van der Waals surface area contributed by atoms with Gasteiger partial charge in [0.1, 0.15) is 18.5 Å². The van der Waals surface area contributed by atoms with Crippen LogP contribution in [0.25, 0.3) is 0 Å². The predicted octanol–water partition coefficient (Wildman–Crippen LogP) is 2.57. The molecule has 1 aromatic carbocycles. The number of ether oxygens (including phenoxy) is 1. The number of benzene rings is 1. The van der Waals surface area contributed by atoms with Crippen LogP contribution in [0.2, 0.25) is 0 Å². The zero-order chi connectivity index (χ0) is 17.4. The Kier molecular flexibility index (Phi) is 6.96. The van der Waals surface area contributed by atoms with Crippen LogP contribution in [-0.2, 0) is 6.54 Å². The first-order valence-electron chi connectivity index (χ1n) is 8.01. The van der Waals surface area contributed by atoms with E-state index in [0.29, 0.717) is 24.9 Å². The molecule has 130 valence electrons. The van der Waals surface area contributed by atoms with E-state index in [0.717, 1.165) is 11.3 Å². The topological polar surface area (TPSA) is 66.4 Å². The van der Waals surface area contributed by atoms with E-state index < -0.39 is 12.1 Å². The lowest BCUT2D eigenvalue weighted by atomic mass is 10.2. The van der Waals surface area contributed by atoms with Crippen molar-refractivity contribution in [1.29, 1.82) is 0 Å². The molecule has 0 spiro atoms. The molecular formula is C18H24FN3O2. The zero-order valence-electron chi connectivity index (χ0n) is 14.0. The number of aromatic nitrogens is 1. The second-order valence-electron chi connectivity index (χ2n) is 5.89. The summed E-state index contributed by atoms with van der Waals surface area (Å²) in [6.07, 6.45) is 0.916. The van der Waals surface area contributed by atoms with Crippen molar-refractivity contribution in [2.24, 2.45) is 0 Å². The molecular weight excluding hydrogens is 309 g/mol. The van der Waals surface area contributed by atoms with E-state index in [9.17, 15) is 9.50 Å². The van der Waals surface area contributed by atoms with E-state index in [-0.39, 0.29) is 6.61 Å². The summed E-state index contributed by atoms with van der Waals surface area (Å²) in [4.78, 5) is 3.59. The third kappa shape index (κ3) is 6.52. The van der Waals surface area contributed by atoms with Crippen LogP contribution >= 0.6 is 0 Å². The van der Waals surface area contributed by atoms with Crippen LogP contribution in [0.1, 0.15) is 19.4 Å². The number of anilines is 1. The van der Waals surface area contributed by atoms with Gasteiger partial charge in [-0.15, -0.1) is 0 Å².